The van der Waals surface area contributed by atoms with Crippen LogP contribution < -0.4 is 14.2 Å². The summed E-state index contributed by atoms with van der Waals surface area (Å²) in [6.45, 7) is 5.65. The van der Waals surface area contributed by atoms with Gasteiger partial charge in [-0.1, -0.05) is 12.1 Å². The van der Waals surface area contributed by atoms with Crippen LogP contribution in [0.2, 0.25) is 0 Å². The molecule has 0 N–H and O–H groups in total. The van der Waals surface area contributed by atoms with Crippen LogP contribution in [0.4, 0.5) is 0 Å². The Labute approximate surface area is 197 Å². The summed E-state index contributed by atoms with van der Waals surface area (Å²) >= 11 is 3.45. The molecule has 32 heavy (non-hydrogen) atoms. The van der Waals surface area contributed by atoms with Crippen LogP contribution in [0.5, 0.6) is 17.2 Å². The normalized spacial score (nSPS) is 16.8. The lowest BCUT2D eigenvalue weighted by Crippen LogP contribution is -2.22. The fraction of sp³-hybridized carbons (Fsp3) is 0.417. The van der Waals surface area contributed by atoms with Crippen LogP contribution in [0.3, 0.4) is 0 Å². The first-order chi connectivity index (χ1) is 15.8. The molecule has 0 atom stereocenters. The summed E-state index contributed by atoms with van der Waals surface area (Å²) in [6, 6.07) is 12.3. The van der Waals surface area contributed by atoms with Gasteiger partial charge in [0.1, 0.15) is 30.5 Å². The van der Waals surface area contributed by atoms with Gasteiger partial charge in [-0.15, -0.1) is 22.7 Å². The van der Waals surface area contributed by atoms with Crippen LogP contribution >= 0.6 is 22.7 Å². The predicted molar refractivity (Wildman–Crippen MR) is 127 cm³/mol. The van der Waals surface area contributed by atoms with Crippen LogP contribution in [-0.2, 0) is 29.1 Å². The molecule has 0 bridgehead atoms. The second-order valence-electron chi connectivity index (χ2n) is 7.33. The van der Waals surface area contributed by atoms with E-state index in [0.717, 1.165) is 36.9 Å². The number of hydrogen-bond acceptors (Lipinski definition) is 8. The van der Waals surface area contributed by atoms with Crippen LogP contribution in [0.25, 0.3) is 0 Å². The Morgan fingerprint density at radius 3 is 1.81 bits per heavy atom. The lowest BCUT2D eigenvalue weighted by molar-refractivity contribution is 0.0273. The van der Waals surface area contributed by atoms with Gasteiger partial charge in [-0.3, -0.25) is 4.90 Å². The molecular weight excluding hydrogens is 446 g/mol. The number of thiophene rings is 2. The average Bonchev–Trinajstić information content (AvgIpc) is 3.44. The highest BCUT2D eigenvalue weighted by Crippen LogP contribution is 2.31. The molecule has 0 unspecified atom stereocenters. The van der Waals surface area contributed by atoms with Crippen molar-refractivity contribution >= 4 is 22.7 Å². The van der Waals surface area contributed by atoms with Crippen molar-refractivity contribution in [3.63, 3.8) is 0 Å². The zero-order valence-electron chi connectivity index (χ0n) is 18.3. The van der Waals surface area contributed by atoms with E-state index >= 15 is 0 Å². The van der Waals surface area contributed by atoms with E-state index in [1.54, 1.807) is 29.8 Å². The maximum absolute atomic E-state index is 6.02. The molecule has 3 aromatic rings. The van der Waals surface area contributed by atoms with E-state index < -0.39 is 0 Å². The second kappa shape index (κ2) is 12.2. The van der Waals surface area contributed by atoms with E-state index in [9.17, 15) is 0 Å². The molecule has 2 aromatic heterocycles. The quantitative estimate of drug-likeness (QED) is 0.541. The van der Waals surface area contributed by atoms with Crippen molar-refractivity contribution in [2.24, 2.45) is 0 Å². The maximum atomic E-state index is 6.02. The Hall–Kier alpha value is -2.10. The van der Waals surface area contributed by atoms with Crippen molar-refractivity contribution in [3.05, 3.63) is 62.5 Å². The van der Waals surface area contributed by atoms with Crippen LogP contribution in [-0.4, -0.2) is 51.7 Å². The number of ether oxygens (including phenoxy) is 5. The van der Waals surface area contributed by atoms with Gasteiger partial charge in [0.2, 0.25) is 0 Å². The van der Waals surface area contributed by atoms with E-state index in [4.69, 9.17) is 23.7 Å². The first-order valence-corrected chi connectivity index (χ1v) is 12.5. The Kier molecular flexibility index (Phi) is 8.81. The largest absolute Gasteiger partial charge is 0.497 e. The van der Waals surface area contributed by atoms with Gasteiger partial charge in [0, 0.05) is 19.6 Å². The molecule has 0 fully saturated rings. The van der Waals surface area contributed by atoms with Crippen molar-refractivity contribution in [1.82, 2.24) is 4.90 Å². The fourth-order valence-electron chi connectivity index (χ4n) is 3.45. The van der Waals surface area contributed by atoms with E-state index in [1.165, 1.54) is 15.3 Å². The molecule has 172 valence electrons. The topological polar surface area (TPSA) is 49.4 Å². The molecule has 4 rings (SSSR count). The molecular formula is C24H29NO5S2. The van der Waals surface area contributed by atoms with Crippen molar-refractivity contribution in [1.29, 1.82) is 0 Å². The van der Waals surface area contributed by atoms with Gasteiger partial charge in [0.05, 0.1) is 43.3 Å². The molecule has 0 amide bonds. The summed E-state index contributed by atoms with van der Waals surface area (Å²) < 4.78 is 28.6. The molecule has 3 heterocycles. The summed E-state index contributed by atoms with van der Waals surface area (Å²) in [6.07, 6.45) is 0. The van der Waals surface area contributed by atoms with E-state index in [1.807, 2.05) is 24.3 Å². The van der Waals surface area contributed by atoms with Gasteiger partial charge in [-0.25, -0.2) is 0 Å². The Bertz CT molecular complexity index is 888. The lowest BCUT2D eigenvalue weighted by Gasteiger charge is -2.23. The van der Waals surface area contributed by atoms with Gasteiger partial charge in [-0.2, -0.15) is 0 Å². The molecule has 0 saturated carbocycles. The average molecular weight is 476 g/mol. The number of rotatable bonds is 3. The highest BCUT2D eigenvalue weighted by Gasteiger charge is 2.17. The molecule has 6 nitrogen and oxygen atoms in total. The number of hydrogen-bond donors (Lipinski definition) is 0. The van der Waals surface area contributed by atoms with Crippen LogP contribution in [0, 0.1) is 0 Å². The SMILES string of the molecule is COc1ccc(CN2Cc3sccc3OCCOCCOCCOc3ccsc3C2)cc1. The van der Waals surface area contributed by atoms with Crippen LogP contribution in [0.15, 0.2) is 47.2 Å². The Balaban J connectivity index is 1.54. The van der Waals surface area contributed by atoms with Gasteiger partial charge in [0.25, 0.3) is 0 Å². The lowest BCUT2D eigenvalue weighted by atomic mass is 10.2. The molecule has 1 aliphatic heterocycles. The van der Waals surface area contributed by atoms with Gasteiger partial charge in [-0.05, 0) is 40.6 Å². The third kappa shape index (κ3) is 6.70. The van der Waals surface area contributed by atoms with E-state index in [2.05, 4.69) is 27.8 Å². The zero-order chi connectivity index (χ0) is 22.0. The summed E-state index contributed by atoms with van der Waals surface area (Å²) in [5.74, 6) is 2.73. The summed E-state index contributed by atoms with van der Waals surface area (Å²) in [5, 5.41) is 4.17. The summed E-state index contributed by atoms with van der Waals surface area (Å²) in [7, 11) is 1.69. The zero-order valence-corrected chi connectivity index (χ0v) is 19.9. The third-order valence-corrected chi connectivity index (χ3v) is 6.83. The first-order valence-electron chi connectivity index (χ1n) is 10.7. The number of nitrogens with zero attached hydrogens (tertiary/aromatic N) is 1. The van der Waals surface area contributed by atoms with Crippen LogP contribution in [0.1, 0.15) is 15.3 Å². The van der Waals surface area contributed by atoms with Gasteiger partial charge >= 0.3 is 0 Å². The smallest absolute Gasteiger partial charge is 0.134 e. The Morgan fingerprint density at radius 2 is 1.28 bits per heavy atom. The summed E-state index contributed by atoms with van der Waals surface area (Å²) in [4.78, 5) is 4.85. The van der Waals surface area contributed by atoms with E-state index in [-0.39, 0.29) is 0 Å². The number of fused-ring (bicyclic) bond motifs is 2. The molecule has 0 aliphatic carbocycles. The minimum absolute atomic E-state index is 0.528. The van der Waals surface area contributed by atoms with Crippen molar-refractivity contribution in [3.8, 4) is 17.2 Å². The molecule has 1 aliphatic rings. The number of benzene rings is 1. The first kappa shape index (κ1) is 23.1. The molecule has 0 saturated heterocycles. The minimum atomic E-state index is 0.528. The summed E-state index contributed by atoms with van der Waals surface area (Å²) in [5.41, 5.74) is 1.23. The molecule has 0 spiro atoms. The third-order valence-electron chi connectivity index (χ3n) is 5.05. The monoisotopic (exact) mass is 475 g/mol. The maximum Gasteiger partial charge on any atom is 0.134 e. The van der Waals surface area contributed by atoms with Gasteiger partial charge < -0.3 is 23.7 Å². The van der Waals surface area contributed by atoms with E-state index in [0.29, 0.717) is 39.6 Å². The van der Waals surface area contributed by atoms with Gasteiger partial charge in [0.15, 0.2) is 0 Å². The molecule has 1 aromatic carbocycles. The van der Waals surface area contributed by atoms with Crippen molar-refractivity contribution in [2.75, 3.05) is 46.8 Å². The standard InChI is InChI=1S/C24H29NO5S2/c1-26-20-4-2-19(3-5-20)16-25-17-23-21(6-14-31-23)29-12-10-27-8-9-28-11-13-30-22-7-15-32-24(22)18-25/h2-7,14-15H,8-13,16-18H2,1H3. The predicted octanol–water partition coefficient (Wildman–Crippen LogP) is 4.83. The second-order valence-corrected chi connectivity index (χ2v) is 9.33. The van der Waals surface area contributed by atoms with Crippen molar-refractivity contribution < 1.29 is 23.7 Å². The fourth-order valence-corrected chi connectivity index (χ4v) is 5.16. The molecule has 8 heteroatoms. The Morgan fingerprint density at radius 1 is 0.750 bits per heavy atom. The highest BCUT2D eigenvalue weighted by atomic mass is 32.1. The highest BCUT2D eigenvalue weighted by molar-refractivity contribution is 7.10. The van der Waals surface area contributed by atoms with Crippen molar-refractivity contribution in [2.45, 2.75) is 19.6 Å². The number of methoxy groups -OCH3 is 1. The molecule has 0 radical (unpaired) electrons. The minimum Gasteiger partial charge on any atom is -0.497 e.